The summed E-state index contributed by atoms with van der Waals surface area (Å²) in [6, 6.07) is 10.7. The van der Waals surface area contributed by atoms with Crippen molar-refractivity contribution in [1.82, 2.24) is 4.90 Å². The first-order chi connectivity index (χ1) is 12.1. The third-order valence-electron chi connectivity index (χ3n) is 6.96. The number of nitrogens with zero attached hydrogens (tertiary/aromatic N) is 1. The number of aliphatic hydroxyl groups is 1. The van der Waals surface area contributed by atoms with E-state index in [1.807, 2.05) is 12.0 Å². The molecule has 0 unspecified atom stereocenters. The summed E-state index contributed by atoms with van der Waals surface area (Å²) in [5.41, 5.74) is 1.26. The van der Waals surface area contributed by atoms with Gasteiger partial charge in [-0.15, -0.1) is 0 Å². The van der Waals surface area contributed by atoms with Crippen LogP contribution in [0.15, 0.2) is 30.3 Å². The summed E-state index contributed by atoms with van der Waals surface area (Å²) < 4.78 is 5.73. The third kappa shape index (κ3) is 2.89. The van der Waals surface area contributed by atoms with E-state index in [0.717, 1.165) is 12.8 Å². The smallest absolute Gasteiger partial charge is 0.223 e. The molecule has 0 radical (unpaired) electrons. The molecule has 1 aromatic rings. The molecule has 1 aliphatic heterocycles. The number of amides is 1. The first-order valence-electron chi connectivity index (χ1n) is 9.67. The topological polar surface area (TPSA) is 49.8 Å². The molecule has 25 heavy (non-hydrogen) atoms. The first-order valence-corrected chi connectivity index (χ1v) is 9.67. The molecule has 1 saturated heterocycles. The number of hydrogen-bond acceptors (Lipinski definition) is 3. The van der Waals surface area contributed by atoms with Gasteiger partial charge in [0.15, 0.2) is 0 Å². The van der Waals surface area contributed by atoms with Crippen LogP contribution in [-0.4, -0.2) is 48.3 Å². The van der Waals surface area contributed by atoms with Gasteiger partial charge < -0.3 is 14.7 Å². The molecule has 4 heteroatoms. The van der Waals surface area contributed by atoms with Gasteiger partial charge in [0.2, 0.25) is 5.91 Å². The Balaban J connectivity index is 1.68. The number of aliphatic hydroxyl groups excluding tert-OH is 1. The predicted molar refractivity (Wildman–Crippen MR) is 96.2 cm³/mol. The molecule has 2 saturated carbocycles. The van der Waals surface area contributed by atoms with Gasteiger partial charge in [0, 0.05) is 32.0 Å². The van der Waals surface area contributed by atoms with Gasteiger partial charge in [-0.1, -0.05) is 36.8 Å². The van der Waals surface area contributed by atoms with Crippen molar-refractivity contribution in [2.75, 3.05) is 20.2 Å². The van der Waals surface area contributed by atoms with Crippen molar-refractivity contribution >= 4 is 5.91 Å². The molecule has 3 fully saturated rings. The second kappa shape index (κ2) is 6.73. The highest BCUT2D eigenvalue weighted by Gasteiger charge is 2.54. The van der Waals surface area contributed by atoms with Crippen molar-refractivity contribution in [3.8, 4) is 0 Å². The number of carbonyl (C=O) groups is 1. The minimum atomic E-state index is -0.333. The largest absolute Gasteiger partial charge is 0.389 e. The number of likely N-dealkylation sites (tertiary alicyclic amines) is 1. The second-order valence-corrected chi connectivity index (χ2v) is 8.19. The first kappa shape index (κ1) is 17.0. The predicted octanol–water partition coefficient (Wildman–Crippen LogP) is 2.74. The molecule has 2 aliphatic carbocycles. The van der Waals surface area contributed by atoms with Crippen molar-refractivity contribution in [3.05, 3.63) is 35.9 Å². The summed E-state index contributed by atoms with van der Waals surface area (Å²) >= 11 is 0. The number of β-amino-alcohol motifs (C(OH)–C–C–N with tert-alkyl or cyclic N) is 1. The van der Waals surface area contributed by atoms with Crippen LogP contribution >= 0.6 is 0 Å². The Labute approximate surface area is 150 Å². The lowest BCUT2D eigenvalue weighted by Gasteiger charge is -2.56. The maximum Gasteiger partial charge on any atom is 0.223 e. The monoisotopic (exact) mass is 343 g/mol. The average molecular weight is 343 g/mol. The van der Waals surface area contributed by atoms with Crippen LogP contribution in [0.4, 0.5) is 0 Å². The van der Waals surface area contributed by atoms with Crippen molar-refractivity contribution in [3.63, 3.8) is 0 Å². The van der Waals surface area contributed by atoms with Gasteiger partial charge in [0.05, 0.1) is 12.2 Å². The van der Waals surface area contributed by atoms with Crippen LogP contribution in [0, 0.1) is 11.8 Å². The summed E-state index contributed by atoms with van der Waals surface area (Å²) in [5, 5.41) is 9.57. The van der Waals surface area contributed by atoms with Crippen molar-refractivity contribution in [2.45, 2.75) is 56.1 Å². The van der Waals surface area contributed by atoms with Gasteiger partial charge in [-0.2, -0.15) is 0 Å². The van der Waals surface area contributed by atoms with E-state index >= 15 is 0 Å². The van der Waals surface area contributed by atoms with Crippen LogP contribution in [0.2, 0.25) is 0 Å². The molecule has 2 bridgehead atoms. The van der Waals surface area contributed by atoms with Crippen LogP contribution in [0.3, 0.4) is 0 Å². The Bertz CT molecular complexity index is 597. The lowest BCUT2D eigenvalue weighted by atomic mass is 9.50. The Hall–Kier alpha value is -1.39. The van der Waals surface area contributed by atoms with E-state index < -0.39 is 0 Å². The standard InChI is InChI=1S/C21H29NO3/c1-25-19-10-16-8-5-9-17(11-19)21(16,15-6-3-2-4-7-15)12-20(24)22-13-18(23)14-22/h2-4,6-7,16-19,23H,5,8-14H2,1H3/t16-,17+,19+,21+. The lowest BCUT2D eigenvalue weighted by molar-refractivity contribution is -0.146. The molecule has 0 spiro atoms. The van der Waals surface area contributed by atoms with Crippen LogP contribution in [0.5, 0.6) is 0 Å². The number of carbonyl (C=O) groups excluding carboxylic acids is 1. The van der Waals surface area contributed by atoms with Crippen LogP contribution in [0.1, 0.15) is 44.1 Å². The van der Waals surface area contributed by atoms with Gasteiger partial charge >= 0.3 is 0 Å². The Morgan fingerprint density at radius 1 is 1.20 bits per heavy atom. The van der Waals surface area contributed by atoms with Gasteiger partial charge in [0.25, 0.3) is 0 Å². The van der Waals surface area contributed by atoms with E-state index in [4.69, 9.17) is 4.74 Å². The summed E-state index contributed by atoms with van der Waals surface area (Å²) in [5.74, 6) is 1.21. The average Bonchev–Trinajstić information content (AvgIpc) is 2.59. The Morgan fingerprint density at radius 2 is 1.84 bits per heavy atom. The number of fused-ring (bicyclic) bond motifs is 2. The molecule has 1 amide bonds. The lowest BCUT2D eigenvalue weighted by Crippen LogP contribution is -2.58. The number of rotatable bonds is 4. The van der Waals surface area contributed by atoms with E-state index in [9.17, 15) is 9.90 Å². The number of hydrogen-bond donors (Lipinski definition) is 1. The van der Waals surface area contributed by atoms with Crippen LogP contribution in [-0.2, 0) is 14.9 Å². The summed E-state index contributed by atoms with van der Waals surface area (Å²) in [6.45, 7) is 0.999. The zero-order valence-corrected chi connectivity index (χ0v) is 15.1. The van der Waals surface area contributed by atoms with Gasteiger partial charge in [-0.3, -0.25) is 4.79 Å². The zero-order valence-electron chi connectivity index (χ0n) is 15.1. The zero-order chi connectivity index (χ0) is 17.4. The highest BCUT2D eigenvalue weighted by atomic mass is 16.5. The van der Waals surface area contributed by atoms with Crippen molar-refractivity contribution in [2.24, 2.45) is 11.8 Å². The van der Waals surface area contributed by atoms with Gasteiger partial charge in [-0.25, -0.2) is 0 Å². The Morgan fingerprint density at radius 3 is 2.40 bits per heavy atom. The summed E-state index contributed by atoms with van der Waals surface area (Å²) in [4.78, 5) is 14.8. The molecule has 3 aliphatic rings. The summed E-state index contributed by atoms with van der Waals surface area (Å²) in [6.07, 6.45) is 6.30. The molecule has 1 N–H and O–H groups in total. The van der Waals surface area contributed by atoms with E-state index in [2.05, 4.69) is 30.3 Å². The minimum absolute atomic E-state index is 0.0633. The maximum absolute atomic E-state index is 13.0. The van der Waals surface area contributed by atoms with Crippen LogP contribution < -0.4 is 0 Å². The van der Waals surface area contributed by atoms with Crippen LogP contribution in [0.25, 0.3) is 0 Å². The highest BCUT2D eigenvalue weighted by molar-refractivity contribution is 5.79. The Kier molecular flexibility index (Phi) is 4.59. The molecule has 4 rings (SSSR count). The van der Waals surface area contributed by atoms with E-state index in [0.29, 0.717) is 37.5 Å². The van der Waals surface area contributed by atoms with Crippen molar-refractivity contribution < 1.29 is 14.6 Å². The van der Waals surface area contributed by atoms with Crippen molar-refractivity contribution in [1.29, 1.82) is 0 Å². The quantitative estimate of drug-likeness (QED) is 0.914. The highest BCUT2D eigenvalue weighted by Crippen LogP contribution is 2.57. The molecule has 0 aromatic heterocycles. The molecule has 136 valence electrons. The summed E-state index contributed by atoms with van der Waals surface area (Å²) in [7, 11) is 1.82. The van der Waals surface area contributed by atoms with E-state index in [-0.39, 0.29) is 17.4 Å². The van der Waals surface area contributed by atoms with Gasteiger partial charge in [0.1, 0.15) is 0 Å². The fourth-order valence-corrected chi connectivity index (χ4v) is 5.67. The normalized spacial score (nSPS) is 35.3. The van der Waals surface area contributed by atoms with E-state index in [1.54, 1.807) is 0 Å². The molecule has 1 aromatic carbocycles. The number of methoxy groups -OCH3 is 1. The second-order valence-electron chi connectivity index (χ2n) is 8.19. The number of ether oxygens (including phenoxy) is 1. The fraction of sp³-hybridized carbons (Fsp3) is 0.667. The van der Waals surface area contributed by atoms with Gasteiger partial charge in [-0.05, 0) is 43.1 Å². The minimum Gasteiger partial charge on any atom is -0.389 e. The SMILES string of the molecule is CO[C@H]1C[C@H]2CCC[C@@H](C1)[C@@]2(CC(=O)N1CC(O)C1)c1ccccc1. The molecule has 4 nitrogen and oxygen atoms in total. The number of benzene rings is 1. The fourth-order valence-electron chi connectivity index (χ4n) is 5.67. The third-order valence-corrected chi connectivity index (χ3v) is 6.96. The maximum atomic E-state index is 13.0. The molecule has 1 heterocycles. The molecular weight excluding hydrogens is 314 g/mol. The van der Waals surface area contributed by atoms with E-state index in [1.165, 1.54) is 24.8 Å². The molecular formula is C21H29NO3. The molecule has 4 atom stereocenters.